The number of ketones is 1. The Labute approximate surface area is 139 Å². The third kappa shape index (κ3) is 4.77. The smallest absolute Gasteiger partial charge is 0.316 e. The summed E-state index contributed by atoms with van der Waals surface area (Å²) in [5, 5.41) is 4.21. The van der Waals surface area contributed by atoms with Crippen LogP contribution in [0.5, 0.6) is 0 Å². The molecule has 0 unspecified atom stereocenters. The number of aromatic nitrogens is 3. The van der Waals surface area contributed by atoms with Crippen LogP contribution in [0.3, 0.4) is 0 Å². The Hall–Kier alpha value is -2.02. The number of hydrogen-bond acceptors (Lipinski definition) is 4. The molecule has 6 nitrogen and oxygen atoms in total. The fourth-order valence-electron chi connectivity index (χ4n) is 2.01. The molecule has 0 radical (unpaired) electrons. The molecule has 2 rings (SSSR count). The van der Waals surface area contributed by atoms with Gasteiger partial charge in [0.05, 0.1) is 13.7 Å². The number of rotatable bonds is 6. The van der Waals surface area contributed by atoms with Crippen molar-refractivity contribution >= 4 is 11.8 Å². The van der Waals surface area contributed by atoms with E-state index in [0.29, 0.717) is 18.0 Å². The monoisotopic (exact) mass is 367 g/mol. The van der Waals surface area contributed by atoms with E-state index in [2.05, 4.69) is 5.10 Å². The van der Waals surface area contributed by atoms with E-state index in [-0.39, 0.29) is 41.7 Å². The lowest BCUT2D eigenvalue weighted by Gasteiger charge is -2.01. The predicted molar refractivity (Wildman–Crippen MR) is 74.5 cm³/mol. The normalized spacial score (nSPS) is 9.91. The minimum absolute atomic E-state index is 0. The van der Waals surface area contributed by atoms with Crippen LogP contribution in [0.15, 0.2) is 36.7 Å². The number of carbonyl (C=O) groups excluding carboxylic acids is 2. The highest BCUT2D eigenvalue weighted by molar-refractivity contribution is 5.94. The summed E-state index contributed by atoms with van der Waals surface area (Å²) >= 11 is 0. The predicted octanol–water partition coefficient (Wildman–Crippen LogP) is -2.30. The summed E-state index contributed by atoms with van der Waals surface area (Å²) in [6, 6.07) is 9.04. The van der Waals surface area contributed by atoms with E-state index in [0.717, 1.165) is 0 Å². The van der Waals surface area contributed by atoms with Crippen molar-refractivity contribution in [1.82, 2.24) is 9.78 Å². The molecule has 1 heterocycles. The highest BCUT2D eigenvalue weighted by Crippen LogP contribution is 2.01. The summed E-state index contributed by atoms with van der Waals surface area (Å²) in [5.41, 5.74) is 0.635. The molecule has 0 fully saturated rings. The molecule has 1 aromatic heterocycles. The van der Waals surface area contributed by atoms with Crippen LogP contribution in [0, 0.1) is 0 Å². The summed E-state index contributed by atoms with van der Waals surface area (Å²) < 4.78 is 8.16. The van der Waals surface area contributed by atoms with E-state index < -0.39 is 0 Å². The molecule has 22 heavy (non-hydrogen) atoms. The van der Waals surface area contributed by atoms with Crippen LogP contribution in [0.4, 0.5) is 0 Å². The molecule has 0 aliphatic rings. The quantitative estimate of drug-likeness (QED) is 0.327. The summed E-state index contributed by atoms with van der Waals surface area (Å²) in [5.74, 6) is 0.135. The van der Waals surface area contributed by atoms with E-state index >= 15 is 0 Å². The molecule has 0 N–H and O–H groups in total. The van der Waals surface area contributed by atoms with Gasteiger partial charge in [-0.15, -0.1) is 4.68 Å². The number of esters is 1. The molecule has 0 aliphatic heterocycles. The van der Waals surface area contributed by atoms with Gasteiger partial charge in [0.1, 0.15) is 13.0 Å². The SMILES string of the molecule is CCOC(=O)Cc1nn(C)c[n+]1CC(=O)c1ccccc1.[Br-]. The molecule has 7 heteroatoms. The molecule has 0 saturated carbocycles. The van der Waals surface area contributed by atoms with Gasteiger partial charge in [-0.25, -0.2) is 4.57 Å². The first-order chi connectivity index (χ1) is 10.1. The first-order valence-corrected chi connectivity index (χ1v) is 6.76. The lowest BCUT2D eigenvalue weighted by atomic mass is 10.1. The number of nitrogens with zero attached hydrogens (tertiary/aromatic N) is 3. The second-order valence-electron chi connectivity index (χ2n) is 4.60. The van der Waals surface area contributed by atoms with Crippen molar-refractivity contribution in [3.05, 3.63) is 48.0 Å². The van der Waals surface area contributed by atoms with E-state index in [1.165, 1.54) is 0 Å². The fraction of sp³-hybridized carbons (Fsp3) is 0.333. The third-order valence-electron chi connectivity index (χ3n) is 2.93. The van der Waals surface area contributed by atoms with Gasteiger partial charge in [-0.2, -0.15) is 0 Å². The van der Waals surface area contributed by atoms with E-state index in [9.17, 15) is 9.59 Å². The molecule has 0 saturated heterocycles. The molecule has 0 amide bonds. The van der Waals surface area contributed by atoms with Crippen molar-refractivity contribution in [2.75, 3.05) is 6.61 Å². The van der Waals surface area contributed by atoms with Crippen LogP contribution in [-0.4, -0.2) is 28.1 Å². The zero-order valence-electron chi connectivity index (χ0n) is 12.5. The molecule has 1 aromatic carbocycles. The Morgan fingerprint density at radius 1 is 1.27 bits per heavy atom. The Balaban J connectivity index is 0.00000242. The minimum atomic E-state index is -0.350. The highest BCUT2D eigenvalue weighted by atomic mass is 79.9. The summed E-state index contributed by atoms with van der Waals surface area (Å²) in [6.07, 6.45) is 1.74. The van der Waals surface area contributed by atoms with E-state index in [4.69, 9.17) is 4.74 Å². The Bertz CT molecular complexity index is 641. The molecule has 118 valence electrons. The van der Waals surface area contributed by atoms with Crippen LogP contribution in [0.25, 0.3) is 0 Å². The maximum absolute atomic E-state index is 12.2. The average Bonchev–Trinajstić information content (AvgIpc) is 2.79. The molecule has 0 atom stereocenters. The summed E-state index contributed by atoms with van der Waals surface area (Å²) in [6.45, 7) is 2.23. The Morgan fingerprint density at radius 2 is 1.95 bits per heavy atom. The zero-order valence-corrected chi connectivity index (χ0v) is 14.1. The number of ether oxygens (including phenoxy) is 1. The zero-order chi connectivity index (χ0) is 15.2. The summed E-state index contributed by atoms with van der Waals surface area (Å²) in [7, 11) is 1.75. The van der Waals surface area contributed by atoms with Gasteiger partial charge >= 0.3 is 5.97 Å². The van der Waals surface area contributed by atoms with Gasteiger partial charge in [0.25, 0.3) is 5.82 Å². The number of halogens is 1. The largest absolute Gasteiger partial charge is 1.00 e. The van der Waals surface area contributed by atoms with E-state index in [1.54, 1.807) is 41.7 Å². The molecule has 0 spiro atoms. The maximum atomic E-state index is 12.2. The van der Waals surface area contributed by atoms with Crippen molar-refractivity contribution in [2.24, 2.45) is 7.05 Å². The standard InChI is InChI=1S/C15H18N3O3.BrH/c1-3-21-15(20)9-14-16-17(2)11-18(14)10-13(19)12-7-5-4-6-8-12;/h4-8,11H,3,9-10H2,1-2H3;1H/q+1;/p-1. The number of carbonyl (C=O) groups is 2. The van der Waals surface area contributed by atoms with Crippen molar-refractivity contribution < 1.29 is 35.9 Å². The Kier molecular flexibility index (Phi) is 6.91. The second-order valence-corrected chi connectivity index (χ2v) is 4.60. The van der Waals surface area contributed by atoms with Gasteiger partial charge in [0.2, 0.25) is 6.33 Å². The second kappa shape index (κ2) is 8.43. The number of aryl methyl sites for hydroxylation is 1. The van der Waals surface area contributed by atoms with Gasteiger partial charge in [-0.3, -0.25) is 9.59 Å². The minimum Gasteiger partial charge on any atom is -1.00 e. The third-order valence-corrected chi connectivity index (χ3v) is 2.93. The molecular weight excluding hydrogens is 350 g/mol. The lowest BCUT2D eigenvalue weighted by Crippen LogP contribution is -3.00. The number of hydrogen-bond donors (Lipinski definition) is 0. The Morgan fingerprint density at radius 3 is 2.59 bits per heavy atom. The van der Waals surface area contributed by atoms with Crippen molar-refractivity contribution in [3.63, 3.8) is 0 Å². The van der Waals surface area contributed by atoms with Crippen molar-refractivity contribution in [2.45, 2.75) is 19.9 Å². The lowest BCUT2D eigenvalue weighted by molar-refractivity contribution is -0.690. The average molecular weight is 368 g/mol. The van der Waals surface area contributed by atoms with Crippen molar-refractivity contribution in [1.29, 1.82) is 0 Å². The van der Waals surface area contributed by atoms with Crippen LogP contribution in [0.2, 0.25) is 0 Å². The first-order valence-electron chi connectivity index (χ1n) is 6.76. The molecule has 0 aliphatic carbocycles. The first kappa shape index (κ1) is 18.0. The number of Topliss-reactive ketones (excluding diaryl/α,β-unsaturated/α-hetero) is 1. The highest BCUT2D eigenvalue weighted by Gasteiger charge is 2.21. The van der Waals surface area contributed by atoms with Gasteiger partial charge in [0, 0.05) is 10.7 Å². The summed E-state index contributed by atoms with van der Waals surface area (Å²) in [4.78, 5) is 23.8. The van der Waals surface area contributed by atoms with Gasteiger partial charge in [0.15, 0.2) is 5.78 Å². The molecule has 0 bridgehead atoms. The van der Waals surface area contributed by atoms with Crippen LogP contribution < -0.4 is 21.5 Å². The fourth-order valence-corrected chi connectivity index (χ4v) is 2.01. The van der Waals surface area contributed by atoms with Gasteiger partial charge in [-0.1, -0.05) is 30.3 Å². The van der Waals surface area contributed by atoms with Crippen LogP contribution >= 0.6 is 0 Å². The van der Waals surface area contributed by atoms with Gasteiger partial charge in [-0.05, 0) is 6.92 Å². The maximum Gasteiger partial charge on any atom is 0.316 e. The van der Waals surface area contributed by atoms with Crippen LogP contribution in [-0.2, 0) is 29.5 Å². The van der Waals surface area contributed by atoms with E-state index in [1.807, 2.05) is 18.2 Å². The molecule has 2 aromatic rings. The van der Waals surface area contributed by atoms with Crippen molar-refractivity contribution in [3.8, 4) is 0 Å². The van der Waals surface area contributed by atoms with Crippen LogP contribution in [0.1, 0.15) is 23.1 Å². The number of benzene rings is 1. The van der Waals surface area contributed by atoms with Gasteiger partial charge < -0.3 is 21.7 Å². The topological polar surface area (TPSA) is 65.1 Å². The molecular formula is C15H18BrN3O3.